The maximum Gasteiger partial charge on any atom is 0.240 e. The fourth-order valence-electron chi connectivity index (χ4n) is 3.73. The van der Waals surface area contributed by atoms with Gasteiger partial charge in [0.25, 0.3) is 0 Å². The first-order valence-corrected chi connectivity index (χ1v) is 11.7. The Morgan fingerprint density at radius 1 is 0.968 bits per heavy atom. The van der Waals surface area contributed by atoms with Crippen LogP contribution in [0.2, 0.25) is 0 Å². The van der Waals surface area contributed by atoms with E-state index in [0.29, 0.717) is 18.2 Å². The molecule has 1 aromatic heterocycles. The van der Waals surface area contributed by atoms with E-state index < -0.39 is 0 Å². The third-order valence-corrected chi connectivity index (χ3v) is 6.27. The Balaban J connectivity index is 1.48. The largest absolute Gasteiger partial charge is 0.353 e. The van der Waals surface area contributed by atoms with Crippen molar-refractivity contribution in [2.24, 2.45) is 0 Å². The summed E-state index contributed by atoms with van der Waals surface area (Å²) in [5.41, 5.74) is 5.70. The molecule has 8 heteroatoms. The highest BCUT2D eigenvalue weighted by Crippen LogP contribution is 2.29. The molecule has 1 aliphatic heterocycles. The lowest BCUT2D eigenvalue weighted by atomic mass is 9.99. The third-order valence-electron chi connectivity index (χ3n) is 5.52. The van der Waals surface area contributed by atoms with E-state index in [-0.39, 0.29) is 17.9 Å². The van der Waals surface area contributed by atoms with Crippen molar-refractivity contribution in [2.45, 2.75) is 40.7 Å². The zero-order chi connectivity index (χ0) is 22.5. The van der Waals surface area contributed by atoms with E-state index >= 15 is 0 Å². The highest BCUT2D eigenvalue weighted by molar-refractivity contribution is 7.14. The van der Waals surface area contributed by atoms with E-state index in [9.17, 15) is 9.59 Å². The van der Waals surface area contributed by atoms with E-state index in [1.165, 1.54) is 28.0 Å². The van der Waals surface area contributed by atoms with Crippen LogP contribution in [0.15, 0.2) is 17.5 Å². The van der Waals surface area contributed by atoms with Crippen molar-refractivity contribution < 1.29 is 9.59 Å². The molecule has 7 nitrogen and oxygen atoms in total. The summed E-state index contributed by atoms with van der Waals surface area (Å²) in [4.78, 5) is 33.3. The molecule has 0 unspecified atom stereocenters. The lowest BCUT2D eigenvalue weighted by Gasteiger charge is -2.33. The van der Waals surface area contributed by atoms with Gasteiger partial charge in [0.1, 0.15) is 0 Å². The molecule has 0 saturated carbocycles. The van der Waals surface area contributed by atoms with E-state index in [1.54, 1.807) is 0 Å². The number of piperazine rings is 1. The predicted molar refractivity (Wildman–Crippen MR) is 127 cm³/mol. The fourth-order valence-corrected chi connectivity index (χ4v) is 4.46. The minimum Gasteiger partial charge on any atom is -0.353 e. The van der Waals surface area contributed by atoms with Crippen LogP contribution in [0.5, 0.6) is 0 Å². The number of nitrogens with zero attached hydrogens (tertiary/aromatic N) is 3. The molecule has 1 aliphatic rings. The second-order valence-corrected chi connectivity index (χ2v) is 9.47. The maximum absolute atomic E-state index is 12.5. The molecule has 0 spiro atoms. The first-order valence-electron chi connectivity index (χ1n) is 10.8. The Morgan fingerprint density at radius 3 is 2.16 bits per heavy atom. The molecule has 0 radical (unpaired) electrons. The summed E-state index contributed by atoms with van der Waals surface area (Å²) in [7, 11) is 0. The van der Waals surface area contributed by atoms with Crippen molar-refractivity contribution in [3.63, 3.8) is 0 Å². The van der Waals surface area contributed by atoms with Gasteiger partial charge in [0, 0.05) is 43.2 Å². The lowest BCUT2D eigenvalue weighted by molar-refractivity contribution is -0.124. The zero-order valence-corrected chi connectivity index (χ0v) is 19.9. The zero-order valence-electron chi connectivity index (χ0n) is 19.1. The van der Waals surface area contributed by atoms with Crippen LogP contribution < -0.4 is 10.6 Å². The third kappa shape index (κ3) is 6.59. The van der Waals surface area contributed by atoms with Gasteiger partial charge in [-0.15, -0.1) is 11.3 Å². The molecule has 0 atom stereocenters. The summed E-state index contributed by atoms with van der Waals surface area (Å²) < 4.78 is 0. The quantitative estimate of drug-likeness (QED) is 0.688. The minimum atomic E-state index is -0.0521. The van der Waals surface area contributed by atoms with Crippen LogP contribution in [0.25, 0.3) is 11.3 Å². The van der Waals surface area contributed by atoms with E-state index in [0.717, 1.165) is 37.4 Å². The fraction of sp³-hybridized carbons (Fsp3) is 0.522. The van der Waals surface area contributed by atoms with Crippen LogP contribution in [-0.4, -0.2) is 71.9 Å². The first kappa shape index (κ1) is 23.4. The Kier molecular flexibility index (Phi) is 7.80. The Hall–Kier alpha value is -2.29. The number of carbonyl (C=O) groups excluding carboxylic acids is 2. The molecule has 3 rings (SSSR count). The summed E-state index contributed by atoms with van der Waals surface area (Å²) in [6.45, 7) is 14.1. The molecule has 1 saturated heterocycles. The highest BCUT2D eigenvalue weighted by atomic mass is 32.1. The molecule has 0 aliphatic carbocycles. The second kappa shape index (κ2) is 10.3. The normalized spacial score (nSPS) is 15.3. The number of amides is 2. The van der Waals surface area contributed by atoms with Crippen molar-refractivity contribution in [2.75, 3.05) is 44.6 Å². The van der Waals surface area contributed by atoms with E-state index in [2.05, 4.69) is 58.3 Å². The number of benzene rings is 1. The topological polar surface area (TPSA) is 77.6 Å². The number of hydrogen-bond donors (Lipinski definition) is 2. The summed E-state index contributed by atoms with van der Waals surface area (Å²) in [6, 6.07) is 4.49. The van der Waals surface area contributed by atoms with Gasteiger partial charge in [-0.05, 0) is 57.4 Å². The van der Waals surface area contributed by atoms with Gasteiger partial charge >= 0.3 is 0 Å². The highest BCUT2D eigenvalue weighted by Gasteiger charge is 2.21. The van der Waals surface area contributed by atoms with Gasteiger partial charge < -0.3 is 10.6 Å². The van der Waals surface area contributed by atoms with Crippen LogP contribution >= 0.6 is 11.3 Å². The number of rotatable bonds is 7. The van der Waals surface area contributed by atoms with E-state index in [4.69, 9.17) is 0 Å². The van der Waals surface area contributed by atoms with Crippen LogP contribution in [0.3, 0.4) is 0 Å². The summed E-state index contributed by atoms with van der Waals surface area (Å²) in [5, 5.41) is 8.48. The molecule has 31 heavy (non-hydrogen) atoms. The molecular weight excluding hydrogens is 410 g/mol. The number of hydrogen-bond acceptors (Lipinski definition) is 6. The number of aromatic nitrogens is 1. The molecule has 2 heterocycles. The summed E-state index contributed by atoms with van der Waals surface area (Å²) in [5.74, 6) is 0.00323. The van der Waals surface area contributed by atoms with Crippen molar-refractivity contribution in [3.05, 3.63) is 34.2 Å². The van der Waals surface area contributed by atoms with Gasteiger partial charge in [0.15, 0.2) is 5.13 Å². The Morgan fingerprint density at radius 2 is 1.55 bits per heavy atom. The Labute approximate surface area is 188 Å². The smallest absolute Gasteiger partial charge is 0.240 e. The number of anilines is 1. The molecule has 1 aromatic carbocycles. The van der Waals surface area contributed by atoms with Crippen LogP contribution in [0, 0.1) is 20.8 Å². The van der Waals surface area contributed by atoms with Gasteiger partial charge in [-0.3, -0.25) is 19.4 Å². The molecular formula is C23H33N5O2S. The summed E-state index contributed by atoms with van der Waals surface area (Å²) in [6.07, 6.45) is 0. The molecule has 2 amide bonds. The summed E-state index contributed by atoms with van der Waals surface area (Å²) >= 11 is 1.45. The SMILES string of the molecule is Cc1cc(C)c(-c2csc(NC(=O)CN3CCN(CC(=O)NC(C)C)CC3)n2)cc1C. The lowest BCUT2D eigenvalue weighted by Crippen LogP contribution is -2.51. The predicted octanol–water partition coefficient (Wildman–Crippen LogP) is 2.82. The average molecular weight is 444 g/mol. The molecule has 2 aromatic rings. The van der Waals surface area contributed by atoms with E-state index in [1.807, 2.05) is 19.2 Å². The first-order chi connectivity index (χ1) is 14.7. The number of thiazole rings is 1. The maximum atomic E-state index is 12.5. The van der Waals surface area contributed by atoms with Gasteiger partial charge in [0.05, 0.1) is 18.8 Å². The average Bonchev–Trinajstić information content (AvgIpc) is 3.13. The van der Waals surface area contributed by atoms with Gasteiger partial charge in [-0.25, -0.2) is 4.98 Å². The number of nitrogens with one attached hydrogen (secondary N) is 2. The second-order valence-electron chi connectivity index (χ2n) is 8.61. The molecule has 1 fully saturated rings. The van der Waals surface area contributed by atoms with Crippen molar-refractivity contribution in [1.29, 1.82) is 0 Å². The van der Waals surface area contributed by atoms with Gasteiger partial charge in [0.2, 0.25) is 11.8 Å². The molecule has 2 N–H and O–H groups in total. The van der Waals surface area contributed by atoms with Crippen molar-refractivity contribution >= 4 is 28.3 Å². The standard InChI is InChI=1S/C23H33N5O2S/c1-15(2)24-21(29)12-27-6-8-28(9-7-27)13-22(30)26-23-25-20(14-31-23)19-11-17(4)16(3)10-18(19)5/h10-11,14-15H,6-9,12-13H2,1-5H3,(H,24,29)(H,25,26,30). The van der Waals surface area contributed by atoms with Gasteiger partial charge in [-0.1, -0.05) is 6.07 Å². The minimum absolute atomic E-state index is 0.0521. The van der Waals surface area contributed by atoms with Crippen LogP contribution in [-0.2, 0) is 9.59 Å². The van der Waals surface area contributed by atoms with Crippen molar-refractivity contribution in [1.82, 2.24) is 20.1 Å². The van der Waals surface area contributed by atoms with Gasteiger partial charge in [-0.2, -0.15) is 0 Å². The van der Waals surface area contributed by atoms with Crippen molar-refractivity contribution in [3.8, 4) is 11.3 Å². The number of carbonyl (C=O) groups is 2. The van der Waals surface area contributed by atoms with Crippen LogP contribution in [0.1, 0.15) is 30.5 Å². The molecule has 168 valence electrons. The monoisotopic (exact) mass is 443 g/mol. The van der Waals surface area contributed by atoms with Crippen LogP contribution in [0.4, 0.5) is 5.13 Å². The number of aryl methyl sites for hydroxylation is 3. The molecule has 0 bridgehead atoms. The Bertz CT molecular complexity index is 932.